The molecule has 3 fully saturated rings. The molecule has 0 bridgehead atoms. The Balaban J connectivity index is 0.967. The zero-order valence-electron chi connectivity index (χ0n) is 23.4. The summed E-state index contributed by atoms with van der Waals surface area (Å²) in [6.07, 6.45) is 5.17. The number of piperidine rings is 1. The highest BCUT2D eigenvalue weighted by atomic mass is 32.2. The van der Waals surface area contributed by atoms with Crippen molar-refractivity contribution >= 4 is 30.8 Å². The number of hydrogen-bond donors (Lipinski definition) is 2. The Kier molecular flexibility index (Phi) is 8.29. The number of rotatable bonds is 10. The molecule has 2 aliphatic heterocycles. The largest absolute Gasteiger partial charge is 0.491 e. The number of sulfonamides is 1. The molecule has 1 aliphatic carbocycles. The van der Waals surface area contributed by atoms with E-state index in [9.17, 15) is 21.9 Å². The molecular formula is C30H37N3O7S2. The maximum Gasteiger partial charge on any atom is 0.243 e. The van der Waals surface area contributed by atoms with Crippen molar-refractivity contribution in [2.45, 2.75) is 71.3 Å². The summed E-state index contributed by atoms with van der Waals surface area (Å²) < 4.78 is 65.5. The molecule has 1 saturated carbocycles. The molecule has 12 heteroatoms. The minimum atomic E-state index is -3.62. The van der Waals surface area contributed by atoms with Gasteiger partial charge in [-0.1, -0.05) is 18.6 Å². The second-order valence-electron chi connectivity index (χ2n) is 11.6. The molecule has 0 amide bonds. The van der Waals surface area contributed by atoms with Crippen LogP contribution in [0.15, 0.2) is 70.6 Å². The first-order valence-corrected chi connectivity index (χ1v) is 17.5. The Morgan fingerprint density at radius 3 is 2.62 bits per heavy atom. The Morgan fingerprint density at radius 2 is 1.86 bits per heavy atom. The number of sulfone groups is 1. The van der Waals surface area contributed by atoms with Crippen LogP contribution in [0.4, 0.5) is 0 Å². The van der Waals surface area contributed by atoms with Gasteiger partial charge in [-0.05, 0) is 74.6 Å². The van der Waals surface area contributed by atoms with Crippen LogP contribution in [0.3, 0.4) is 0 Å². The summed E-state index contributed by atoms with van der Waals surface area (Å²) in [7, 11) is -6.96. The van der Waals surface area contributed by atoms with Crippen molar-refractivity contribution in [3.05, 3.63) is 60.8 Å². The van der Waals surface area contributed by atoms with E-state index in [1.165, 1.54) is 10.4 Å². The van der Waals surface area contributed by atoms with E-state index in [1.54, 1.807) is 48.7 Å². The quantitative estimate of drug-likeness (QED) is 0.353. The molecule has 1 spiro atoms. The third-order valence-electron chi connectivity index (χ3n) is 8.76. The lowest BCUT2D eigenvalue weighted by Gasteiger charge is -2.38. The van der Waals surface area contributed by atoms with Crippen molar-refractivity contribution in [2.75, 3.05) is 32.8 Å². The fraction of sp³-hybridized carbons (Fsp3) is 0.500. The first kappa shape index (κ1) is 29.5. The lowest BCUT2D eigenvalue weighted by Crippen LogP contribution is -2.47. The normalized spacial score (nSPS) is 22.3. The summed E-state index contributed by atoms with van der Waals surface area (Å²) in [6, 6.07) is 15.2. The van der Waals surface area contributed by atoms with Gasteiger partial charge in [0, 0.05) is 37.3 Å². The number of ether oxygens (including phenoxy) is 2. The molecule has 10 nitrogen and oxygen atoms in total. The van der Waals surface area contributed by atoms with Gasteiger partial charge < -0.3 is 19.9 Å². The van der Waals surface area contributed by atoms with E-state index in [1.807, 2.05) is 6.07 Å². The first-order valence-electron chi connectivity index (χ1n) is 14.5. The predicted octanol–water partition coefficient (Wildman–Crippen LogP) is 2.90. The molecular weight excluding hydrogens is 578 g/mol. The predicted molar refractivity (Wildman–Crippen MR) is 158 cm³/mol. The van der Waals surface area contributed by atoms with Gasteiger partial charge in [0.25, 0.3) is 0 Å². The molecule has 6 rings (SSSR count). The highest BCUT2D eigenvalue weighted by molar-refractivity contribution is 7.92. The van der Waals surface area contributed by atoms with Crippen LogP contribution in [0.25, 0.3) is 10.9 Å². The second kappa shape index (κ2) is 11.8. The molecule has 226 valence electrons. The van der Waals surface area contributed by atoms with Crippen molar-refractivity contribution in [3.8, 4) is 5.75 Å². The van der Waals surface area contributed by atoms with Crippen LogP contribution in [-0.2, 0) is 24.6 Å². The van der Waals surface area contributed by atoms with Gasteiger partial charge in [0.15, 0.2) is 9.84 Å². The average molecular weight is 616 g/mol. The maximum atomic E-state index is 13.3. The zero-order chi connectivity index (χ0) is 29.4. The van der Waals surface area contributed by atoms with Gasteiger partial charge in [0.05, 0.1) is 32.8 Å². The van der Waals surface area contributed by atoms with Crippen LogP contribution in [0, 0.1) is 0 Å². The standard InChI is InChI=1S/C30H37N3O7S2/c34-24(21-39-25-5-1-8-27(17-25)41(35,36)26-6-2-7-26)19-32-23-18-30(40-20-23)11-14-33(15-12-30)42(37,38)28-9-10-29-22(16-28)4-3-13-31-29/h1,3-5,8-10,13,16-17,23-24,26,32,34H,2,6-7,11-12,14-15,18-21H2/t23-,24?/m1/s1. The molecule has 3 aromatic rings. The summed E-state index contributed by atoms with van der Waals surface area (Å²) in [5.41, 5.74) is 0.373. The van der Waals surface area contributed by atoms with Crippen LogP contribution in [0.1, 0.15) is 38.5 Å². The molecule has 3 aliphatic rings. The van der Waals surface area contributed by atoms with E-state index in [4.69, 9.17) is 9.47 Å². The number of nitrogens with zero attached hydrogens (tertiary/aromatic N) is 2. The monoisotopic (exact) mass is 615 g/mol. The first-order chi connectivity index (χ1) is 20.1. The molecule has 3 heterocycles. The fourth-order valence-corrected chi connectivity index (χ4v) is 9.35. The minimum absolute atomic E-state index is 0.0241. The molecule has 2 aromatic carbocycles. The highest BCUT2D eigenvalue weighted by Crippen LogP contribution is 2.38. The van der Waals surface area contributed by atoms with Gasteiger partial charge in [-0.25, -0.2) is 16.8 Å². The van der Waals surface area contributed by atoms with E-state index in [2.05, 4.69) is 10.3 Å². The van der Waals surface area contributed by atoms with Crippen LogP contribution in [0.2, 0.25) is 0 Å². The van der Waals surface area contributed by atoms with Gasteiger partial charge in [-0.2, -0.15) is 4.31 Å². The molecule has 2 N–H and O–H groups in total. The molecule has 42 heavy (non-hydrogen) atoms. The van der Waals surface area contributed by atoms with Gasteiger partial charge in [-0.3, -0.25) is 4.98 Å². The van der Waals surface area contributed by atoms with Gasteiger partial charge in [0.1, 0.15) is 18.5 Å². The van der Waals surface area contributed by atoms with Crippen molar-refractivity contribution < 1.29 is 31.4 Å². The number of fused-ring (bicyclic) bond motifs is 1. The average Bonchev–Trinajstić information content (AvgIpc) is 3.36. The van der Waals surface area contributed by atoms with Crippen LogP contribution < -0.4 is 10.1 Å². The summed E-state index contributed by atoms with van der Waals surface area (Å²) in [4.78, 5) is 4.80. The molecule has 1 unspecified atom stereocenters. The molecule has 0 radical (unpaired) electrons. The van der Waals surface area contributed by atoms with Crippen LogP contribution in [-0.4, -0.2) is 87.1 Å². The fourth-order valence-electron chi connectivity index (χ4n) is 5.99. The number of benzene rings is 2. The van der Waals surface area contributed by atoms with Crippen LogP contribution >= 0.6 is 0 Å². The van der Waals surface area contributed by atoms with Crippen molar-refractivity contribution in [1.82, 2.24) is 14.6 Å². The topological polar surface area (TPSA) is 135 Å². The molecule has 2 atom stereocenters. The van der Waals surface area contributed by atoms with E-state index >= 15 is 0 Å². The van der Waals surface area contributed by atoms with E-state index in [0.717, 1.165) is 23.7 Å². The smallest absolute Gasteiger partial charge is 0.243 e. The lowest BCUT2D eigenvalue weighted by molar-refractivity contribution is -0.0312. The van der Waals surface area contributed by atoms with E-state index < -0.39 is 26.0 Å². The Morgan fingerprint density at radius 1 is 1.05 bits per heavy atom. The number of aliphatic hydroxyl groups excluding tert-OH is 1. The Labute approximate surface area is 247 Å². The van der Waals surface area contributed by atoms with Gasteiger partial charge >= 0.3 is 0 Å². The highest BCUT2D eigenvalue weighted by Gasteiger charge is 2.44. The molecule has 2 saturated heterocycles. The maximum absolute atomic E-state index is 13.3. The Bertz CT molecular complexity index is 1640. The summed E-state index contributed by atoms with van der Waals surface area (Å²) in [5, 5.41) is 14.3. The summed E-state index contributed by atoms with van der Waals surface area (Å²) in [5.74, 6) is 0.416. The van der Waals surface area contributed by atoms with E-state index in [0.29, 0.717) is 57.7 Å². The number of nitrogens with one attached hydrogen (secondary N) is 1. The third kappa shape index (κ3) is 6.06. The number of pyridine rings is 1. The SMILES string of the molecule is O=S(=O)(c1cccc(OCC(O)CN[C@H]2COC3(CCN(S(=O)(=O)c4ccc5ncccc5c4)CC3)C2)c1)C1CCC1. The Hall–Kier alpha value is -2.61. The number of hydrogen-bond acceptors (Lipinski definition) is 9. The number of aromatic nitrogens is 1. The van der Waals surface area contributed by atoms with Gasteiger partial charge in [0.2, 0.25) is 10.0 Å². The number of aliphatic hydroxyl groups is 1. The third-order valence-corrected chi connectivity index (χ3v) is 12.9. The zero-order valence-corrected chi connectivity index (χ0v) is 25.0. The van der Waals surface area contributed by atoms with Gasteiger partial charge in [-0.15, -0.1) is 0 Å². The van der Waals surface area contributed by atoms with E-state index in [-0.39, 0.29) is 33.3 Å². The lowest BCUT2D eigenvalue weighted by atomic mass is 9.88. The van der Waals surface area contributed by atoms with Crippen LogP contribution in [0.5, 0.6) is 5.75 Å². The molecule has 1 aromatic heterocycles. The van der Waals surface area contributed by atoms with Crippen molar-refractivity contribution in [3.63, 3.8) is 0 Å². The summed E-state index contributed by atoms with van der Waals surface area (Å²) >= 11 is 0. The summed E-state index contributed by atoms with van der Waals surface area (Å²) in [6.45, 7) is 1.56. The second-order valence-corrected chi connectivity index (χ2v) is 15.8. The van der Waals surface area contributed by atoms with Crippen molar-refractivity contribution in [2.24, 2.45) is 0 Å². The van der Waals surface area contributed by atoms with Crippen molar-refractivity contribution in [1.29, 1.82) is 0 Å². The minimum Gasteiger partial charge on any atom is -0.491 e.